The van der Waals surface area contributed by atoms with Gasteiger partial charge in [-0.2, -0.15) is 12.7 Å². The van der Waals surface area contributed by atoms with E-state index in [4.69, 9.17) is 31.0 Å². The van der Waals surface area contributed by atoms with E-state index < -0.39 is 83.7 Å². The van der Waals surface area contributed by atoms with Crippen LogP contribution in [0.25, 0.3) is 0 Å². The molecule has 2 heterocycles. The van der Waals surface area contributed by atoms with Crippen LogP contribution in [0, 0.1) is 5.92 Å². The molecule has 0 saturated carbocycles. The van der Waals surface area contributed by atoms with Crippen LogP contribution in [0.15, 0.2) is 0 Å². The van der Waals surface area contributed by atoms with Gasteiger partial charge in [0.15, 0.2) is 5.60 Å². The fraction of sp³-hybridized carbons (Fsp3) is 0.765. The van der Waals surface area contributed by atoms with Crippen molar-refractivity contribution < 1.29 is 52.2 Å². The maximum atomic E-state index is 12.5. The fourth-order valence-electron chi connectivity index (χ4n) is 3.97. The largest absolute Gasteiger partial charge is 0.528 e. The SMILES string of the molecule is CC(N)CNS(=O)(=O)N1C[C@H](CCCB2OC(=O)C(CC(=O)O)(CC(=O)O)O2)[C@](N)(C(=O)O)C1. The van der Waals surface area contributed by atoms with Gasteiger partial charge in [0.25, 0.3) is 10.2 Å². The van der Waals surface area contributed by atoms with Crippen molar-refractivity contribution in [3.8, 4) is 0 Å². The Balaban J connectivity index is 2.03. The highest BCUT2D eigenvalue weighted by Crippen LogP contribution is 2.35. The number of nitrogens with one attached hydrogen (secondary N) is 1. The molecule has 17 heteroatoms. The molecule has 0 aromatic heterocycles. The van der Waals surface area contributed by atoms with E-state index in [1.807, 2.05) is 0 Å². The van der Waals surface area contributed by atoms with Crippen LogP contribution in [-0.2, 0) is 38.7 Å². The number of aliphatic carboxylic acids is 3. The average molecular weight is 508 g/mol. The standard InChI is InChI=1S/C17H29BN4O11S/c1-10(19)7-21-34(30,31)22-8-11(17(20,9-22)14(27)28)3-2-4-18-32-15(29)16(33-18,5-12(23)24)6-13(25)26/h10-11,21H,2-9,19-20H2,1H3,(H,23,24)(H,25,26)(H,27,28)/t10?,11-,17-/m0/s1. The number of nitrogens with zero attached hydrogens (tertiary/aromatic N) is 1. The number of hydrogen-bond acceptors (Lipinski definition) is 10. The Morgan fingerprint density at radius 3 is 2.35 bits per heavy atom. The minimum absolute atomic E-state index is 0.00534. The minimum Gasteiger partial charge on any atom is -0.507 e. The third-order valence-electron chi connectivity index (χ3n) is 5.75. The molecule has 0 bridgehead atoms. The molecule has 1 unspecified atom stereocenters. The Labute approximate surface area is 196 Å². The Morgan fingerprint density at radius 1 is 1.26 bits per heavy atom. The van der Waals surface area contributed by atoms with Gasteiger partial charge >= 0.3 is 31.0 Å². The fourth-order valence-corrected chi connectivity index (χ4v) is 5.39. The smallest absolute Gasteiger partial charge is 0.507 e. The highest BCUT2D eigenvalue weighted by Gasteiger charge is 2.56. The first kappa shape index (κ1) is 27.9. The number of carbonyl (C=O) groups is 4. The second-order valence-corrected chi connectivity index (χ2v) is 10.4. The second-order valence-electron chi connectivity index (χ2n) is 8.68. The summed E-state index contributed by atoms with van der Waals surface area (Å²) in [7, 11) is -5.26. The lowest BCUT2D eigenvalue weighted by Gasteiger charge is -2.25. The average Bonchev–Trinajstić information content (AvgIpc) is 3.18. The molecule has 2 rings (SSSR count). The zero-order valence-electron chi connectivity index (χ0n) is 18.5. The molecule has 34 heavy (non-hydrogen) atoms. The van der Waals surface area contributed by atoms with Gasteiger partial charge in [-0.3, -0.25) is 19.2 Å². The van der Waals surface area contributed by atoms with Gasteiger partial charge < -0.3 is 36.1 Å². The summed E-state index contributed by atoms with van der Waals surface area (Å²) in [6.07, 6.45) is -1.52. The van der Waals surface area contributed by atoms with Crippen molar-refractivity contribution >= 4 is 41.2 Å². The van der Waals surface area contributed by atoms with Gasteiger partial charge in [-0.1, -0.05) is 6.42 Å². The van der Waals surface area contributed by atoms with E-state index in [0.29, 0.717) is 0 Å². The van der Waals surface area contributed by atoms with Crippen molar-refractivity contribution in [3.05, 3.63) is 0 Å². The van der Waals surface area contributed by atoms with Crippen LogP contribution in [0.4, 0.5) is 0 Å². The Morgan fingerprint density at radius 2 is 1.85 bits per heavy atom. The molecule has 2 saturated heterocycles. The normalized spacial score (nSPS) is 25.8. The molecular weight excluding hydrogens is 479 g/mol. The number of nitrogens with two attached hydrogens (primary N) is 2. The summed E-state index contributed by atoms with van der Waals surface area (Å²) in [5.41, 5.74) is 7.58. The van der Waals surface area contributed by atoms with Crippen molar-refractivity contribution in [1.29, 1.82) is 0 Å². The number of carboxylic acid groups (broad SMARTS) is 3. The summed E-state index contributed by atoms with van der Waals surface area (Å²) < 4.78 is 38.6. The highest BCUT2D eigenvalue weighted by molar-refractivity contribution is 7.87. The molecule has 0 aromatic rings. The first-order valence-corrected chi connectivity index (χ1v) is 11.9. The van der Waals surface area contributed by atoms with Crippen molar-refractivity contribution in [3.63, 3.8) is 0 Å². The van der Waals surface area contributed by atoms with E-state index >= 15 is 0 Å². The van der Waals surface area contributed by atoms with Crippen molar-refractivity contribution in [1.82, 2.24) is 9.03 Å². The molecule has 2 aliphatic heterocycles. The molecule has 0 aliphatic carbocycles. The van der Waals surface area contributed by atoms with Gasteiger partial charge in [-0.15, -0.1) is 0 Å². The number of carbonyl (C=O) groups excluding carboxylic acids is 1. The maximum absolute atomic E-state index is 12.5. The third-order valence-corrected chi connectivity index (χ3v) is 7.24. The molecule has 8 N–H and O–H groups in total. The number of hydrogen-bond donors (Lipinski definition) is 6. The monoisotopic (exact) mass is 508 g/mol. The molecular formula is C17H29BN4O11S. The second kappa shape index (κ2) is 10.5. The molecule has 0 radical (unpaired) electrons. The van der Waals surface area contributed by atoms with Crippen LogP contribution in [0.2, 0.25) is 6.32 Å². The van der Waals surface area contributed by atoms with E-state index in [9.17, 15) is 32.7 Å². The van der Waals surface area contributed by atoms with Gasteiger partial charge in [0, 0.05) is 31.6 Å². The molecule has 2 aliphatic rings. The lowest BCUT2D eigenvalue weighted by atomic mass is 9.78. The molecule has 192 valence electrons. The van der Waals surface area contributed by atoms with Crippen LogP contribution in [0.5, 0.6) is 0 Å². The van der Waals surface area contributed by atoms with Crippen molar-refractivity contribution in [2.24, 2.45) is 17.4 Å². The Kier molecular flexibility index (Phi) is 8.65. The van der Waals surface area contributed by atoms with Crippen LogP contribution in [0.3, 0.4) is 0 Å². The lowest BCUT2D eigenvalue weighted by Crippen LogP contribution is -2.55. The van der Waals surface area contributed by atoms with E-state index in [-0.39, 0.29) is 32.3 Å². The first-order chi connectivity index (χ1) is 15.6. The zero-order chi connectivity index (χ0) is 25.9. The predicted molar refractivity (Wildman–Crippen MR) is 114 cm³/mol. The summed E-state index contributed by atoms with van der Waals surface area (Å²) in [5.74, 6) is -6.18. The van der Waals surface area contributed by atoms with Crippen LogP contribution in [0.1, 0.15) is 32.6 Å². The first-order valence-electron chi connectivity index (χ1n) is 10.5. The molecule has 15 nitrogen and oxygen atoms in total. The number of carboxylic acids is 3. The van der Waals surface area contributed by atoms with Crippen molar-refractivity contribution in [2.75, 3.05) is 19.6 Å². The molecule has 2 fully saturated rings. The van der Waals surface area contributed by atoms with Crippen molar-refractivity contribution in [2.45, 2.75) is 56.1 Å². The lowest BCUT2D eigenvalue weighted by molar-refractivity contribution is -0.157. The summed E-state index contributed by atoms with van der Waals surface area (Å²) >= 11 is 0. The van der Waals surface area contributed by atoms with Gasteiger partial charge in [0.05, 0.1) is 12.8 Å². The number of rotatable bonds is 13. The zero-order valence-corrected chi connectivity index (χ0v) is 19.3. The third kappa shape index (κ3) is 6.42. The summed E-state index contributed by atoms with van der Waals surface area (Å²) in [4.78, 5) is 46.2. The predicted octanol–water partition coefficient (Wildman–Crippen LogP) is -2.59. The van der Waals surface area contributed by atoms with Gasteiger partial charge in [-0.25, -0.2) is 4.72 Å². The summed E-state index contributed by atoms with van der Waals surface area (Å²) in [6.45, 7) is 0.910. The van der Waals surface area contributed by atoms with E-state index in [1.165, 1.54) is 0 Å². The maximum Gasteiger partial charge on any atom is 0.528 e. The van der Waals surface area contributed by atoms with Gasteiger partial charge in [0.2, 0.25) is 0 Å². The van der Waals surface area contributed by atoms with E-state index in [2.05, 4.69) is 4.72 Å². The van der Waals surface area contributed by atoms with Gasteiger partial charge in [0.1, 0.15) is 5.54 Å². The Hall–Kier alpha value is -2.31. The minimum atomic E-state index is -4.02. The van der Waals surface area contributed by atoms with E-state index in [0.717, 1.165) is 4.31 Å². The highest BCUT2D eigenvalue weighted by atomic mass is 32.2. The van der Waals surface area contributed by atoms with Crippen LogP contribution < -0.4 is 16.2 Å². The quantitative estimate of drug-likeness (QED) is 0.140. The van der Waals surface area contributed by atoms with Gasteiger partial charge in [-0.05, 0) is 19.7 Å². The van der Waals surface area contributed by atoms with Crippen LogP contribution >= 0.6 is 0 Å². The molecule has 3 atom stereocenters. The molecule has 0 spiro atoms. The van der Waals surface area contributed by atoms with E-state index in [1.54, 1.807) is 6.92 Å². The topological polar surface area (TPSA) is 249 Å². The Bertz CT molecular complexity index is 914. The summed E-state index contributed by atoms with van der Waals surface area (Å²) in [6, 6.07) is -0.459. The molecule has 0 aromatic carbocycles. The van der Waals surface area contributed by atoms with Crippen LogP contribution in [-0.4, -0.2) is 95.9 Å². The molecule has 0 amide bonds. The summed E-state index contributed by atoms with van der Waals surface area (Å²) in [5, 5.41) is 27.7.